The number of carbonyl (C=O) groups excluding carboxylic acids is 4. The van der Waals surface area contributed by atoms with Gasteiger partial charge < -0.3 is 16.0 Å². The number of amides is 3. The van der Waals surface area contributed by atoms with E-state index in [0.29, 0.717) is 22.6 Å². The Morgan fingerprint density at radius 1 is 0.594 bits per heavy atom. The predicted octanol–water partition coefficient (Wildman–Crippen LogP) is 5.11. The van der Waals surface area contributed by atoms with Crippen molar-refractivity contribution in [3.8, 4) is 0 Å². The highest BCUT2D eigenvalue weighted by atomic mass is 16.2. The summed E-state index contributed by atoms with van der Waals surface area (Å²) in [6, 6.07) is 11.3. The van der Waals surface area contributed by atoms with Gasteiger partial charge in [0.05, 0.1) is 0 Å². The SMILES string of the molecule is CC(=O)c1ccc(NC(=O)c2cc(NC(=O)C(C)(C)C)cc(NC(=O)C(C)(C)C)c2)cc1. The van der Waals surface area contributed by atoms with E-state index in [1.807, 2.05) is 0 Å². The summed E-state index contributed by atoms with van der Waals surface area (Å²) in [6.07, 6.45) is 0. The topological polar surface area (TPSA) is 104 Å². The average Bonchev–Trinajstić information content (AvgIpc) is 2.66. The van der Waals surface area contributed by atoms with Gasteiger partial charge in [0.25, 0.3) is 5.91 Å². The van der Waals surface area contributed by atoms with Crippen LogP contribution in [-0.4, -0.2) is 23.5 Å². The standard InChI is InChI=1S/C25H31N3O4/c1-15(29)16-8-10-18(11-9-16)26-21(30)17-12-19(27-22(31)24(2,3)4)14-20(13-17)28-23(32)25(5,6)7/h8-14H,1-7H3,(H,26,30)(H,27,31)(H,28,32). The Hall–Kier alpha value is -3.48. The van der Waals surface area contributed by atoms with Gasteiger partial charge in [0.15, 0.2) is 5.78 Å². The van der Waals surface area contributed by atoms with Crippen molar-refractivity contribution in [3.05, 3.63) is 53.6 Å². The largest absolute Gasteiger partial charge is 0.326 e. The van der Waals surface area contributed by atoms with E-state index in [-0.39, 0.29) is 23.2 Å². The lowest BCUT2D eigenvalue weighted by atomic mass is 9.95. The molecule has 170 valence electrons. The first-order valence-electron chi connectivity index (χ1n) is 10.4. The molecule has 0 unspecified atom stereocenters. The predicted molar refractivity (Wildman–Crippen MR) is 127 cm³/mol. The Balaban J connectivity index is 2.35. The van der Waals surface area contributed by atoms with Crippen molar-refractivity contribution in [2.45, 2.75) is 48.5 Å². The Labute approximate surface area is 189 Å². The molecule has 0 aliphatic heterocycles. The van der Waals surface area contributed by atoms with Gasteiger partial charge >= 0.3 is 0 Å². The molecule has 32 heavy (non-hydrogen) atoms. The summed E-state index contributed by atoms with van der Waals surface area (Å²) in [5, 5.41) is 8.38. The van der Waals surface area contributed by atoms with Gasteiger partial charge in [0, 0.05) is 39.0 Å². The maximum atomic E-state index is 12.9. The molecule has 0 aliphatic carbocycles. The number of hydrogen-bond donors (Lipinski definition) is 3. The molecule has 7 heteroatoms. The molecule has 3 amide bonds. The van der Waals surface area contributed by atoms with Gasteiger partial charge in [-0.05, 0) is 49.4 Å². The second kappa shape index (κ2) is 9.34. The number of hydrogen-bond acceptors (Lipinski definition) is 4. The zero-order chi connectivity index (χ0) is 24.3. The molecule has 0 bridgehead atoms. The highest BCUT2D eigenvalue weighted by Gasteiger charge is 2.24. The Bertz CT molecular complexity index is 996. The maximum Gasteiger partial charge on any atom is 0.255 e. The van der Waals surface area contributed by atoms with E-state index in [2.05, 4.69) is 16.0 Å². The fourth-order valence-electron chi connectivity index (χ4n) is 2.53. The van der Waals surface area contributed by atoms with E-state index in [1.165, 1.54) is 6.92 Å². The first kappa shape index (κ1) is 24.8. The molecule has 0 spiro atoms. The first-order chi connectivity index (χ1) is 14.7. The van der Waals surface area contributed by atoms with Gasteiger partial charge in [-0.25, -0.2) is 0 Å². The number of anilines is 3. The van der Waals surface area contributed by atoms with Crippen LogP contribution in [0.2, 0.25) is 0 Å². The molecule has 0 saturated heterocycles. The fraction of sp³-hybridized carbons (Fsp3) is 0.360. The third-order valence-corrected chi connectivity index (χ3v) is 4.62. The molecule has 7 nitrogen and oxygen atoms in total. The van der Waals surface area contributed by atoms with Crippen molar-refractivity contribution in [1.82, 2.24) is 0 Å². The number of benzene rings is 2. The maximum absolute atomic E-state index is 12.9. The van der Waals surface area contributed by atoms with Gasteiger partial charge in [-0.1, -0.05) is 41.5 Å². The van der Waals surface area contributed by atoms with Crippen molar-refractivity contribution in [2.24, 2.45) is 10.8 Å². The number of carbonyl (C=O) groups is 4. The second-order valence-electron chi connectivity index (χ2n) is 9.79. The van der Waals surface area contributed by atoms with E-state index in [0.717, 1.165) is 0 Å². The molecule has 3 N–H and O–H groups in total. The highest BCUT2D eigenvalue weighted by Crippen LogP contribution is 2.25. The number of Topliss-reactive ketones (excluding diaryl/α,β-unsaturated/α-hetero) is 1. The van der Waals surface area contributed by atoms with Crippen molar-refractivity contribution in [3.63, 3.8) is 0 Å². The third-order valence-electron chi connectivity index (χ3n) is 4.62. The summed E-state index contributed by atoms with van der Waals surface area (Å²) in [4.78, 5) is 49.3. The molecule has 0 radical (unpaired) electrons. The molecule has 2 aromatic rings. The zero-order valence-electron chi connectivity index (χ0n) is 19.7. The number of rotatable bonds is 5. The van der Waals surface area contributed by atoms with Gasteiger partial charge in [-0.15, -0.1) is 0 Å². The van der Waals surface area contributed by atoms with Crippen LogP contribution in [0.1, 0.15) is 69.2 Å². The summed E-state index contributed by atoms with van der Waals surface area (Å²) < 4.78 is 0. The van der Waals surface area contributed by atoms with Gasteiger partial charge in [0.1, 0.15) is 0 Å². The summed E-state index contributed by atoms with van der Waals surface area (Å²) in [7, 11) is 0. The van der Waals surface area contributed by atoms with E-state index >= 15 is 0 Å². The summed E-state index contributed by atoms with van der Waals surface area (Å²) in [5.41, 5.74) is 0.849. The van der Waals surface area contributed by atoms with Crippen LogP contribution in [0, 0.1) is 10.8 Å². The van der Waals surface area contributed by atoms with Crippen LogP contribution in [0.4, 0.5) is 17.1 Å². The Morgan fingerprint density at radius 2 is 1.03 bits per heavy atom. The monoisotopic (exact) mass is 437 g/mol. The number of ketones is 1. The molecule has 0 saturated carbocycles. The first-order valence-corrected chi connectivity index (χ1v) is 10.4. The lowest BCUT2D eigenvalue weighted by Gasteiger charge is -2.20. The van der Waals surface area contributed by atoms with Crippen molar-refractivity contribution < 1.29 is 19.2 Å². The Morgan fingerprint density at radius 3 is 1.41 bits per heavy atom. The molecular formula is C25H31N3O4. The average molecular weight is 438 g/mol. The smallest absolute Gasteiger partial charge is 0.255 e. The summed E-state index contributed by atoms with van der Waals surface area (Å²) >= 11 is 0. The minimum Gasteiger partial charge on any atom is -0.326 e. The van der Waals surface area contributed by atoms with Gasteiger partial charge in [-0.2, -0.15) is 0 Å². The van der Waals surface area contributed by atoms with Gasteiger partial charge in [-0.3, -0.25) is 19.2 Å². The summed E-state index contributed by atoms with van der Waals surface area (Å²) in [6.45, 7) is 12.2. The van der Waals surface area contributed by atoms with Crippen LogP contribution < -0.4 is 16.0 Å². The van der Waals surface area contributed by atoms with E-state index in [1.54, 1.807) is 84.0 Å². The van der Waals surface area contributed by atoms with Crippen LogP contribution >= 0.6 is 0 Å². The minimum atomic E-state index is -0.633. The van der Waals surface area contributed by atoms with Crippen LogP contribution in [0.5, 0.6) is 0 Å². The van der Waals surface area contributed by atoms with Crippen molar-refractivity contribution in [1.29, 1.82) is 0 Å². The molecular weight excluding hydrogens is 406 g/mol. The highest BCUT2D eigenvalue weighted by molar-refractivity contribution is 6.07. The lowest BCUT2D eigenvalue weighted by molar-refractivity contribution is -0.123. The normalized spacial score (nSPS) is 11.5. The van der Waals surface area contributed by atoms with Gasteiger partial charge in [0.2, 0.25) is 11.8 Å². The van der Waals surface area contributed by atoms with Crippen molar-refractivity contribution in [2.75, 3.05) is 16.0 Å². The zero-order valence-corrected chi connectivity index (χ0v) is 19.7. The third kappa shape index (κ3) is 6.77. The van der Waals surface area contributed by atoms with Crippen LogP contribution in [0.15, 0.2) is 42.5 Å². The molecule has 2 rings (SSSR count). The molecule has 0 aliphatic rings. The molecule has 0 heterocycles. The molecule has 0 fully saturated rings. The molecule has 2 aromatic carbocycles. The molecule has 0 aromatic heterocycles. The second-order valence-corrected chi connectivity index (χ2v) is 9.79. The van der Waals surface area contributed by atoms with Crippen molar-refractivity contribution >= 4 is 40.6 Å². The van der Waals surface area contributed by atoms with E-state index in [4.69, 9.17) is 0 Å². The van der Waals surface area contributed by atoms with Crippen LogP contribution in [0.25, 0.3) is 0 Å². The van der Waals surface area contributed by atoms with Crippen LogP contribution in [0.3, 0.4) is 0 Å². The van der Waals surface area contributed by atoms with E-state index < -0.39 is 16.7 Å². The van der Waals surface area contributed by atoms with E-state index in [9.17, 15) is 19.2 Å². The van der Waals surface area contributed by atoms with Crippen LogP contribution in [-0.2, 0) is 9.59 Å². The quantitative estimate of drug-likeness (QED) is 0.565. The molecule has 0 atom stereocenters. The summed E-state index contributed by atoms with van der Waals surface area (Å²) in [5.74, 6) is -0.922. The fourth-order valence-corrected chi connectivity index (χ4v) is 2.53. The Kier molecular flexibility index (Phi) is 7.24. The number of nitrogens with one attached hydrogen (secondary N) is 3. The lowest BCUT2D eigenvalue weighted by Crippen LogP contribution is -2.29. The minimum absolute atomic E-state index is 0.0654.